The minimum Gasteiger partial charge on any atom is -0.0617 e. The largest absolute Gasteiger partial charge is 0.0617 e. The topological polar surface area (TPSA) is 0 Å². The SMILES string of the molecule is Cc1ccc(/C=C/c2cc3c(C)c(c2)CCc2cccc(c2C)CC3)cc1. The normalized spacial score (nSPS) is 13.7. The fourth-order valence-electron chi connectivity index (χ4n) is 4.17. The number of hydrogen-bond donors (Lipinski definition) is 0. The minimum atomic E-state index is 1.12. The van der Waals surface area contributed by atoms with Gasteiger partial charge in [-0.25, -0.2) is 0 Å². The molecule has 3 aromatic carbocycles. The lowest BCUT2D eigenvalue weighted by Gasteiger charge is -2.18. The average Bonchev–Trinajstić information content (AvgIpc) is 2.67. The molecule has 0 amide bonds. The van der Waals surface area contributed by atoms with Gasteiger partial charge in [-0.15, -0.1) is 0 Å². The summed E-state index contributed by atoms with van der Waals surface area (Å²) in [6.07, 6.45) is 9.00. The molecule has 0 saturated carbocycles. The van der Waals surface area contributed by atoms with Crippen LogP contribution in [0, 0.1) is 20.8 Å². The number of hydrogen-bond acceptors (Lipinski definition) is 0. The van der Waals surface area contributed by atoms with Crippen molar-refractivity contribution in [3.05, 3.63) is 105 Å². The molecule has 1 aliphatic carbocycles. The Labute approximate surface area is 163 Å². The summed E-state index contributed by atoms with van der Waals surface area (Å²) in [6, 6.07) is 20.4. The van der Waals surface area contributed by atoms with Gasteiger partial charge in [0.05, 0.1) is 0 Å². The van der Waals surface area contributed by atoms with Crippen molar-refractivity contribution >= 4 is 12.2 Å². The maximum atomic E-state index is 2.39. The zero-order valence-electron chi connectivity index (χ0n) is 16.7. The first-order valence-electron chi connectivity index (χ1n) is 10.0. The highest BCUT2D eigenvalue weighted by Crippen LogP contribution is 2.26. The standard InChI is InChI=1S/C27H28/c1-19-7-9-22(10-8-19)11-12-23-17-26-15-13-24-5-4-6-25(20(24)2)14-16-27(18-23)21(26)3/h4-12,17-18H,13-16H2,1-3H3/b12-11+. The molecule has 0 aromatic heterocycles. The Morgan fingerprint density at radius 1 is 0.556 bits per heavy atom. The van der Waals surface area contributed by atoms with E-state index in [2.05, 4.69) is 87.5 Å². The van der Waals surface area contributed by atoms with E-state index in [1.807, 2.05) is 0 Å². The Hall–Kier alpha value is -2.60. The molecule has 0 aliphatic heterocycles. The fourth-order valence-corrected chi connectivity index (χ4v) is 4.17. The third-order valence-corrected chi connectivity index (χ3v) is 6.08. The van der Waals surface area contributed by atoms with E-state index in [1.54, 1.807) is 0 Å². The van der Waals surface area contributed by atoms with Crippen LogP contribution in [0.2, 0.25) is 0 Å². The number of benzene rings is 3. The van der Waals surface area contributed by atoms with Crippen molar-refractivity contribution in [3.63, 3.8) is 0 Å². The molecule has 0 fully saturated rings. The van der Waals surface area contributed by atoms with Gasteiger partial charge >= 0.3 is 0 Å². The second-order valence-electron chi connectivity index (χ2n) is 7.91. The summed E-state index contributed by atoms with van der Waals surface area (Å²) in [5.74, 6) is 0. The van der Waals surface area contributed by atoms with E-state index in [0.29, 0.717) is 0 Å². The van der Waals surface area contributed by atoms with Crippen LogP contribution in [-0.4, -0.2) is 0 Å². The van der Waals surface area contributed by atoms with Crippen LogP contribution in [0.4, 0.5) is 0 Å². The summed E-state index contributed by atoms with van der Waals surface area (Å²) in [5, 5.41) is 0. The predicted octanol–water partition coefficient (Wildman–Crippen LogP) is 6.67. The van der Waals surface area contributed by atoms with E-state index in [9.17, 15) is 0 Å². The van der Waals surface area contributed by atoms with Crippen molar-refractivity contribution < 1.29 is 0 Å². The van der Waals surface area contributed by atoms with E-state index in [1.165, 1.54) is 50.1 Å². The molecule has 0 heterocycles. The fraction of sp³-hybridized carbons (Fsp3) is 0.259. The minimum absolute atomic E-state index is 1.12. The van der Waals surface area contributed by atoms with Crippen LogP contribution in [0.25, 0.3) is 12.2 Å². The molecule has 136 valence electrons. The summed E-state index contributed by atoms with van der Waals surface area (Å²) < 4.78 is 0. The molecule has 27 heavy (non-hydrogen) atoms. The Morgan fingerprint density at radius 2 is 1.04 bits per heavy atom. The lowest BCUT2D eigenvalue weighted by Crippen LogP contribution is -2.06. The van der Waals surface area contributed by atoms with E-state index < -0.39 is 0 Å². The van der Waals surface area contributed by atoms with Crippen LogP contribution in [0.5, 0.6) is 0 Å². The van der Waals surface area contributed by atoms with Crippen LogP contribution in [0.1, 0.15) is 50.1 Å². The first kappa shape index (κ1) is 17.8. The van der Waals surface area contributed by atoms with Crippen molar-refractivity contribution in [2.75, 3.05) is 0 Å². The molecule has 0 radical (unpaired) electrons. The Morgan fingerprint density at radius 3 is 1.63 bits per heavy atom. The van der Waals surface area contributed by atoms with Crippen LogP contribution in [0.3, 0.4) is 0 Å². The summed E-state index contributed by atoms with van der Waals surface area (Å²) in [6.45, 7) is 6.73. The van der Waals surface area contributed by atoms with Crippen LogP contribution in [-0.2, 0) is 25.7 Å². The van der Waals surface area contributed by atoms with Gasteiger partial charge in [-0.1, -0.05) is 72.3 Å². The molecule has 0 saturated heterocycles. The quantitative estimate of drug-likeness (QED) is 0.452. The molecular weight excluding hydrogens is 324 g/mol. The van der Waals surface area contributed by atoms with Crippen LogP contribution < -0.4 is 0 Å². The molecule has 0 heteroatoms. The average molecular weight is 353 g/mol. The number of fused-ring (bicyclic) bond motifs is 4. The lowest BCUT2D eigenvalue weighted by atomic mass is 9.87. The van der Waals surface area contributed by atoms with Crippen molar-refractivity contribution in [1.29, 1.82) is 0 Å². The molecule has 0 N–H and O–H groups in total. The van der Waals surface area contributed by atoms with Crippen molar-refractivity contribution in [2.24, 2.45) is 0 Å². The summed E-state index contributed by atoms with van der Waals surface area (Å²) in [4.78, 5) is 0. The summed E-state index contributed by atoms with van der Waals surface area (Å²) >= 11 is 0. The van der Waals surface area contributed by atoms with Gasteiger partial charge in [0, 0.05) is 0 Å². The number of aryl methyl sites for hydroxylation is 5. The zero-order valence-corrected chi connectivity index (χ0v) is 16.7. The second-order valence-corrected chi connectivity index (χ2v) is 7.91. The summed E-state index contributed by atoms with van der Waals surface area (Å²) in [5.41, 5.74) is 12.9. The Bertz CT molecular complexity index is 940. The van der Waals surface area contributed by atoms with Gasteiger partial charge in [-0.05, 0) is 91.0 Å². The number of rotatable bonds is 2. The maximum Gasteiger partial charge on any atom is -0.0235 e. The first-order chi connectivity index (χ1) is 13.1. The lowest BCUT2D eigenvalue weighted by molar-refractivity contribution is 0.874. The maximum absolute atomic E-state index is 2.39. The van der Waals surface area contributed by atoms with Gasteiger partial charge in [0.1, 0.15) is 0 Å². The molecule has 4 rings (SSSR count). The molecule has 3 aromatic rings. The van der Waals surface area contributed by atoms with E-state index in [4.69, 9.17) is 0 Å². The van der Waals surface area contributed by atoms with Crippen molar-refractivity contribution in [1.82, 2.24) is 0 Å². The monoisotopic (exact) mass is 352 g/mol. The van der Waals surface area contributed by atoms with Gasteiger partial charge in [0.25, 0.3) is 0 Å². The third kappa shape index (κ3) is 3.90. The first-order valence-corrected chi connectivity index (χ1v) is 10.0. The van der Waals surface area contributed by atoms with Gasteiger partial charge < -0.3 is 0 Å². The molecule has 0 spiro atoms. The predicted molar refractivity (Wildman–Crippen MR) is 117 cm³/mol. The molecule has 0 atom stereocenters. The summed E-state index contributed by atoms with van der Waals surface area (Å²) in [7, 11) is 0. The molecule has 0 unspecified atom stereocenters. The van der Waals surface area contributed by atoms with Gasteiger partial charge in [0.2, 0.25) is 0 Å². The second kappa shape index (κ2) is 7.56. The van der Waals surface area contributed by atoms with E-state index >= 15 is 0 Å². The van der Waals surface area contributed by atoms with Gasteiger partial charge in [-0.2, -0.15) is 0 Å². The van der Waals surface area contributed by atoms with E-state index in [-0.39, 0.29) is 0 Å². The molecule has 1 aliphatic rings. The van der Waals surface area contributed by atoms with Crippen LogP contribution in [0.15, 0.2) is 54.6 Å². The highest BCUT2D eigenvalue weighted by atomic mass is 14.2. The highest BCUT2D eigenvalue weighted by Gasteiger charge is 2.12. The van der Waals surface area contributed by atoms with Crippen LogP contribution >= 0.6 is 0 Å². The third-order valence-electron chi connectivity index (χ3n) is 6.08. The zero-order chi connectivity index (χ0) is 18.8. The smallest absolute Gasteiger partial charge is 0.0235 e. The molecule has 0 nitrogen and oxygen atoms in total. The Kier molecular flexibility index (Phi) is 4.99. The molecule has 4 bridgehead atoms. The van der Waals surface area contributed by atoms with Crippen molar-refractivity contribution in [3.8, 4) is 0 Å². The molecular formula is C27H28. The van der Waals surface area contributed by atoms with Crippen molar-refractivity contribution in [2.45, 2.75) is 46.5 Å². The van der Waals surface area contributed by atoms with Gasteiger partial charge in [0.15, 0.2) is 0 Å². The van der Waals surface area contributed by atoms with E-state index in [0.717, 1.165) is 25.7 Å². The van der Waals surface area contributed by atoms with Gasteiger partial charge in [-0.3, -0.25) is 0 Å². The Balaban J connectivity index is 1.67. The highest BCUT2D eigenvalue weighted by molar-refractivity contribution is 5.70.